The standard InChI is InChI=1S/C38H42F2N6O/c1-43(2)20-5-21-44-22-24-45(25-23-44)38-42-35-7-4-3-6-34(35)36(26-37(47)41-27-28-8-14-31(39)15-9-28)46(38)33-18-12-30(13-19-33)29-10-16-32(40)17-11-29/h3-4,6-19,36H,5,20-27H2,1-2H3,(H,41,47). The van der Waals surface area contributed by atoms with Gasteiger partial charge in [-0.3, -0.25) is 9.69 Å². The van der Waals surface area contributed by atoms with E-state index in [2.05, 4.69) is 57.2 Å². The van der Waals surface area contributed by atoms with Crippen molar-refractivity contribution in [2.24, 2.45) is 4.99 Å². The van der Waals surface area contributed by atoms with Gasteiger partial charge < -0.3 is 20.0 Å². The minimum atomic E-state index is -0.304. The van der Waals surface area contributed by atoms with Crippen molar-refractivity contribution in [2.45, 2.75) is 25.4 Å². The number of carbonyl (C=O) groups is 1. The van der Waals surface area contributed by atoms with E-state index in [4.69, 9.17) is 4.99 Å². The molecule has 1 N–H and O–H groups in total. The first kappa shape index (κ1) is 32.3. The van der Waals surface area contributed by atoms with Crippen LogP contribution in [0.15, 0.2) is 102 Å². The number of anilines is 1. The Kier molecular flexibility index (Phi) is 10.2. The molecule has 2 heterocycles. The number of halogens is 2. The van der Waals surface area contributed by atoms with Gasteiger partial charge in [0, 0.05) is 44.0 Å². The van der Waals surface area contributed by atoms with Gasteiger partial charge >= 0.3 is 0 Å². The third-order valence-corrected chi connectivity index (χ3v) is 8.88. The quantitative estimate of drug-likeness (QED) is 0.217. The zero-order chi connectivity index (χ0) is 32.8. The van der Waals surface area contributed by atoms with Gasteiger partial charge in [-0.1, -0.05) is 54.6 Å². The van der Waals surface area contributed by atoms with Gasteiger partial charge in [-0.25, -0.2) is 13.8 Å². The molecule has 47 heavy (non-hydrogen) atoms. The van der Waals surface area contributed by atoms with Crippen molar-refractivity contribution in [1.29, 1.82) is 0 Å². The fourth-order valence-corrected chi connectivity index (χ4v) is 6.32. The number of carbonyl (C=O) groups excluding carboxylic acids is 1. The number of para-hydroxylation sites is 1. The van der Waals surface area contributed by atoms with E-state index in [1.165, 1.54) is 24.3 Å². The van der Waals surface area contributed by atoms with E-state index in [1.54, 1.807) is 24.3 Å². The zero-order valence-electron chi connectivity index (χ0n) is 27.1. The molecule has 1 amide bonds. The average Bonchev–Trinajstić information content (AvgIpc) is 3.08. The Morgan fingerprint density at radius 3 is 2.11 bits per heavy atom. The molecule has 1 atom stereocenters. The van der Waals surface area contributed by atoms with Gasteiger partial charge in [0.1, 0.15) is 11.6 Å². The second kappa shape index (κ2) is 14.9. The summed E-state index contributed by atoms with van der Waals surface area (Å²) in [4.78, 5) is 28.1. The Morgan fingerprint density at radius 2 is 1.45 bits per heavy atom. The van der Waals surface area contributed by atoms with Gasteiger partial charge in [0.2, 0.25) is 11.9 Å². The van der Waals surface area contributed by atoms with Crippen molar-refractivity contribution in [2.75, 3.05) is 58.3 Å². The van der Waals surface area contributed by atoms with Gasteiger partial charge in [-0.15, -0.1) is 0 Å². The van der Waals surface area contributed by atoms with Crippen molar-refractivity contribution in [3.63, 3.8) is 0 Å². The predicted octanol–water partition coefficient (Wildman–Crippen LogP) is 6.46. The summed E-state index contributed by atoms with van der Waals surface area (Å²) in [6.45, 7) is 5.98. The van der Waals surface area contributed by atoms with Crippen LogP contribution in [0.5, 0.6) is 0 Å². The summed E-state index contributed by atoms with van der Waals surface area (Å²) < 4.78 is 27.0. The zero-order valence-corrected chi connectivity index (χ0v) is 27.1. The Morgan fingerprint density at radius 1 is 0.830 bits per heavy atom. The van der Waals surface area contributed by atoms with Crippen LogP contribution in [0, 0.1) is 11.6 Å². The molecule has 4 aromatic carbocycles. The molecule has 0 saturated carbocycles. The SMILES string of the molecule is CN(C)CCCN1CCN(C2=Nc3ccccc3C(CC(=O)NCc3ccc(F)cc3)N2c2ccc(-c3ccc(F)cc3)cc2)CC1. The number of hydrogen-bond donors (Lipinski definition) is 1. The number of fused-ring (bicyclic) bond motifs is 1. The van der Waals surface area contributed by atoms with E-state index in [1.807, 2.05) is 30.3 Å². The number of rotatable bonds is 10. The third-order valence-electron chi connectivity index (χ3n) is 8.88. The predicted molar refractivity (Wildman–Crippen MR) is 185 cm³/mol. The molecule has 0 spiro atoms. The minimum Gasteiger partial charge on any atom is -0.352 e. The number of benzene rings is 4. The smallest absolute Gasteiger partial charge is 0.222 e. The monoisotopic (exact) mass is 636 g/mol. The summed E-state index contributed by atoms with van der Waals surface area (Å²) in [5, 5.41) is 3.05. The van der Waals surface area contributed by atoms with Crippen LogP contribution in [-0.2, 0) is 11.3 Å². The number of nitrogens with one attached hydrogen (secondary N) is 1. The average molecular weight is 637 g/mol. The number of piperazine rings is 1. The molecule has 0 aromatic heterocycles. The number of nitrogens with zero attached hydrogens (tertiary/aromatic N) is 5. The highest BCUT2D eigenvalue weighted by molar-refractivity contribution is 6.01. The first-order valence-corrected chi connectivity index (χ1v) is 16.3. The molecule has 0 bridgehead atoms. The summed E-state index contributed by atoms with van der Waals surface area (Å²) in [6.07, 6.45) is 1.34. The number of amides is 1. The molecule has 2 aliphatic rings. The lowest BCUT2D eigenvalue weighted by Crippen LogP contribution is -2.55. The van der Waals surface area contributed by atoms with E-state index in [9.17, 15) is 13.6 Å². The first-order valence-electron chi connectivity index (χ1n) is 16.3. The van der Waals surface area contributed by atoms with Crippen LogP contribution in [0.2, 0.25) is 0 Å². The van der Waals surface area contributed by atoms with Crippen LogP contribution >= 0.6 is 0 Å². The molecule has 2 aliphatic heterocycles. The molecular formula is C38H42F2N6O. The van der Waals surface area contributed by atoms with Gasteiger partial charge in [0.15, 0.2) is 0 Å². The third kappa shape index (κ3) is 8.04. The van der Waals surface area contributed by atoms with Crippen LogP contribution < -0.4 is 10.2 Å². The Hall–Kier alpha value is -4.60. The fraction of sp³-hybridized carbons (Fsp3) is 0.316. The molecular weight excluding hydrogens is 594 g/mol. The highest BCUT2D eigenvalue weighted by Gasteiger charge is 2.36. The lowest BCUT2D eigenvalue weighted by atomic mass is 9.96. The highest BCUT2D eigenvalue weighted by Crippen LogP contribution is 2.41. The van der Waals surface area contributed by atoms with Crippen molar-refractivity contribution in [1.82, 2.24) is 20.0 Å². The summed E-state index contributed by atoms with van der Waals surface area (Å²) in [5.41, 5.74) is 5.52. The van der Waals surface area contributed by atoms with Crippen LogP contribution in [0.3, 0.4) is 0 Å². The van der Waals surface area contributed by atoms with E-state index < -0.39 is 0 Å². The van der Waals surface area contributed by atoms with E-state index in [-0.39, 0.29) is 30.0 Å². The number of guanidine groups is 1. The summed E-state index contributed by atoms with van der Waals surface area (Å²) in [7, 11) is 4.22. The number of hydrogen-bond acceptors (Lipinski definition) is 6. The fourth-order valence-electron chi connectivity index (χ4n) is 6.32. The molecule has 6 rings (SSSR count). The second-order valence-corrected chi connectivity index (χ2v) is 12.5. The lowest BCUT2D eigenvalue weighted by molar-refractivity contribution is -0.121. The van der Waals surface area contributed by atoms with Crippen LogP contribution in [-0.4, -0.2) is 79.9 Å². The van der Waals surface area contributed by atoms with Crippen LogP contribution in [0.1, 0.15) is 30.0 Å². The topological polar surface area (TPSA) is 54.4 Å². The maximum atomic E-state index is 13.6. The van der Waals surface area contributed by atoms with Crippen molar-refractivity contribution in [3.8, 4) is 11.1 Å². The van der Waals surface area contributed by atoms with Gasteiger partial charge in [-0.05, 0) is 92.8 Å². The van der Waals surface area contributed by atoms with Gasteiger partial charge in [0.05, 0.1) is 18.2 Å². The van der Waals surface area contributed by atoms with E-state index in [0.717, 1.165) is 85.3 Å². The van der Waals surface area contributed by atoms with Crippen molar-refractivity contribution in [3.05, 3.63) is 120 Å². The highest BCUT2D eigenvalue weighted by atomic mass is 19.1. The minimum absolute atomic E-state index is 0.103. The molecule has 0 radical (unpaired) electrons. The summed E-state index contributed by atoms with van der Waals surface area (Å²) in [6, 6.07) is 28.6. The second-order valence-electron chi connectivity index (χ2n) is 12.5. The van der Waals surface area contributed by atoms with Crippen molar-refractivity contribution >= 4 is 23.2 Å². The van der Waals surface area contributed by atoms with Gasteiger partial charge in [0.25, 0.3) is 0 Å². The van der Waals surface area contributed by atoms with Gasteiger partial charge in [-0.2, -0.15) is 0 Å². The maximum absolute atomic E-state index is 13.6. The molecule has 7 nitrogen and oxygen atoms in total. The maximum Gasteiger partial charge on any atom is 0.222 e. The normalized spacial score (nSPS) is 16.6. The molecule has 9 heteroatoms. The molecule has 4 aromatic rings. The van der Waals surface area contributed by atoms with E-state index >= 15 is 0 Å². The Labute approximate surface area is 276 Å². The van der Waals surface area contributed by atoms with Crippen molar-refractivity contribution < 1.29 is 13.6 Å². The largest absolute Gasteiger partial charge is 0.352 e. The van der Waals surface area contributed by atoms with E-state index in [0.29, 0.717) is 6.54 Å². The first-order chi connectivity index (χ1) is 22.8. The molecule has 1 fully saturated rings. The Balaban J connectivity index is 1.29. The molecule has 1 unspecified atom stereocenters. The Bertz CT molecular complexity index is 1670. The van der Waals surface area contributed by atoms with Crippen LogP contribution in [0.25, 0.3) is 11.1 Å². The lowest BCUT2D eigenvalue weighted by Gasteiger charge is -2.45. The summed E-state index contributed by atoms with van der Waals surface area (Å²) >= 11 is 0. The molecule has 0 aliphatic carbocycles. The molecule has 244 valence electrons. The van der Waals surface area contributed by atoms with Crippen LogP contribution in [0.4, 0.5) is 20.2 Å². The molecule has 1 saturated heterocycles. The summed E-state index contributed by atoms with van der Waals surface area (Å²) in [5.74, 6) is 0.161. The number of aliphatic imine (C=N–C) groups is 1.